The Labute approximate surface area is 102 Å². The molecule has 96 valence electrons. The lowest BCUT2D eigenvalue weighted by atomic mass is 10.2. The SMILES string of the molecule is Cc1ccc(-n2ncc(CN)c2C(F)(F)F)cc1. The summed E-state index contributed by atoms with van der Waals surface area (Å²) in [6, 6.07) is 6.66. The van der Waals surface area contributed by atoms with Crippen molar-refractivity contribution in [2.24, 2.45) is 5.73 Å². The maximum absolute atomic E-state index is 13.0. The van der Waals surface area contributed by atoms with Crippen molar-refractivity contribution in [3.63, 3.8) is 0 Å². The number of nitrogens with zero attached hydrogens (tertiary/aromatic N) is 2. The second kappa shape index (κ2) is 4.45. The number of halogens is 3. The Kier molecular flexibility index (Phi) is 3.13. The van der Waals surface area contributed by atoms with Gasteiger partial charge in [0, 0.05) is 12.1 Å². The Bertz CT molecular complexity index is 541. The summed E-state index contributed by atoms with van der Waals surface area (Å²) in [7, 11) is 0. The van der Waals surface area contributed by atoms with Crippen molar-refractivity contribution in [2.75, 3.05) is 0 Å². The molecule has 18 heavy (non-hydrogen) atoms. The van der Waals surface area contributed by atoms with Crippen LogP contribution < -0.4 is 5.73 Å². The van der Waals surface area contributed by atoms with Crippen molar-refractivity contribution in [1.29, 1.82) is 0 Å². The predicted octanol–water partition coefficient (Wildman–Crippen LogP) is 2.66. The highest BCUT2D eigenvalue weighted by Gasteiger charge is 2.38. The van der Waals surface area contributed by atoms with E-state index in [9.17, 15) is 13.2 Å². The van der Waals surface area contributed by atoms with E-state index in [1.54, 1.807) is 24.3 Å². The van der Waals surface area contributed by atoms with Gasteiger partial charge < -0.3 is 5.73 Å². The van der Waals surface area contributed by atoms with E-state index in [-0.39, 0.29) is 12.1 Å². The van der Waals surface area contributed by atoms with Crippen LogP contribution in [0.3, 0.4) is 0 Å². The van der Waals surface area contributed by atoms with Crippen molar-refractivity contribution in [2.45, 2.75) is 19.6 Å². The van der Waals surface area contributed by atoms with Gasteiger partial charge in [0.15, 0.2) is 5.69 Å². The quantitative estimate of drug-likeness (QED) is 0.896. The van der Waals surface area contributed by atoms with Gasteiger partial charge in [0.25, 0.3) is 0 Å². The van der Waals surface area contributed by atoms with Gasteiger partial charge in [-0.3, -0.25) is 0 Å². The minimum Gasteiger partial charge on any atom is -0.326 e. The average molecular weight is 255 g/mol. The van der Waals surface area contributed by atoms with E-state index in [1.807, 2.05) is 6.92 Å². The standard InChI is InChI=1S/C12H12F3N3/c1-8-2-4-10(5-3-8)18-11(12(13,14)15)9(6-16)7-17-18/h2-5,7H,6,16H2,1H3. The fourth-order valence-corrected chi connectivity index (χ4v) is 1.72. The molecule has 1 aromatic carbocycles. The lowest BCUT2D eigenvalue weighted by molar-refractivity contribution is -0.143. The average Bonchev–Trinajstić information content (AvgIpc) is 2.73. The molecule has 0 aliphatic rings. The number of hydrogen-bond donors (Lipinski definition) is 1. The van der Waals surface area contributed by atoms with Gasteiger partial charge in [-0.25, -0.2) is 4.68 Å². The number of rotatable bonds is 2. The van der Waals surface area contributed by atoms with Crippen molar-refractivity contribution in [3.8, 4) is 5.69 Å². The monoisotopic (exact) mass is 255 g/mol. The van der Waals surface area contributed by atoms with Crippen LogP contribution in [0.5, 0.6) is 0 Å². The van der Waals surface area contributed by atoms with Crippen LogP contribution in [0.4, 0.5) is 13.2 Å². The summed E-state index contributed by atoms with van der Waals surface area (Å²) < 4.78 is 39.8. The van der Waals surface area contributed by atoms with Crippen molar-refractivity contribution in [1.82, 2.24) is 9.78 Å². The summed E-state index contributed by atoms with van der Waals surface area (Å²) in [6.07, 6.45) is -3.32. The molecule has 0 bridgehead atoms. The first-order valence-electron chi connectivity index (χ1n) is 5.34. The maximum atomic E-state index is 13.0. The first-order chi connectivity index (χ1) is 8.43. The molecule has 0 saturated carbocycles. The molecule has 0 aliphatic heterocycles. The maximum Gasteiger partial charge on any atom is 0.433 e. The van der Waals surface area contributed by atoms with Gasteiger partial charge >= 0.3 is 6.18 Å². The fraction of sp³-hybridized carbons (Fsp3) is 0.250. The highest BCUT2D eigenvalue weighted by molar-refractivity contribution is 5.37. The second-order valence-corrected chi connectivity index (χ2v) is 3.97. The van der Waals surface area contributed by atoms with Gasteiger partial charge in [-0.1, -0.05) is 17.7 Å². The number of hydrogen-bond acceptors (Lipinski definition) is 2. The van der Waals surface area contributed by atoms with Gasteiger partial charge in [-0.15, -0.1) is 0 Å². The van der Waals surface area contributed by atoms with Crippen molar-refractivity contribution < 1.29 is 13.2 Å². The molecule has 2 aromatic rings. The van der Waals surface area contributed by atoms with Crippen LogP contribution in [-0.2, 0) is 12.7 Å². The van der Waals surface area contributed by atoms with E-state index in [1.165, 1.54) is 0 Å². The molecule has 0 atom stereocenters. The number of aryl methyl sites for hydroxylation is 1. The second-order valence-electron chi connectivity index (χ2n) is 3.97. The Balaban J connectivity index is 2.58. The molecule has 0 saturated heterocycles. The minimum absolute atomic E-state index is 0.0110. The molecule has 0 unspecified atom stereocenters. The van der Waals surface area contributed by atoms with Crippen LogP contribution >= 0.6 is 0 Å². The summed E-state index contributed by atoms with van der Waals surface area (Å²) in [6.45, 7) is 1.67. The van der Waals surface area contributed by atoms with E-state index >= 15 is 0 Å². The third-order valence-electron chi connectivity index (χ3n) is 2.61. The Morgan fingerprint density at radius 2 is 1.83 bits per heavy atom. The first kappa shape index (κ1) is 12.6. The first-order valence-corrected chi connectivity index (χ1v) is 5.34. The third-order valence-corrected chi connectivity index (χ3v) is 2.61. The van der Waals surface area contributed by atoms with Gasteiger partial charge in [-0.05, 0) is 19.1 Å². The zero-order valence-corrected chi connectivity index (χ0v) is 9.70. The van der Waals surface area contributed by atoms with Crippen LogP contribution in [0, 0.1) is 6.92 Å². The van der Waals surface area contributed by atoms with E-state index in [2.05, 4.69) is 5.10 Å². The van der Waals surface area contributed by atoms with E-state index in [4.69, 9.17) is 5.73 Å². The van der Waals surface area contributed by atoms with Crippen molar-refractivity contribution in [3.05, 3.63) is 47.3 Å². The summed E-state index contributed by atoms with van der Waals surface area (Å²) >= 11 is 0. The number of nitrogens with two attached hydrogens (primary N) is 1. The lowest BCUT2D eigenvalue weighted by Crippen LogP contribution is -2.16. The van der Waals surface area contributed by atoms with Crippen LogP contribution in [0.25, 0.3) is 5.69 Å². The molecule has 0 radical (unpaired) electrons. The molecule has 0 amide bonds. The Hall–Kier alpha value is -1.82. The van der Waals surface area contributed by atoms with Crippen LogP contribution in [0.2, 0.25) is 0 Å². The summed E-state index contributed by atoms with van der Waals surface area (Å²) in [5, 5.41) is 3.77. The molecule has 0 fully saturated rings. The summed E-state index contributed by atoms with van der Waals surface area (Å²) in [5.41, 5.74) is 5.83. The molecule has 1 aromatic heterocycles. The highest BCUT2D eigenvalue weighted by Crippen LogP contribution is 2.33. The molecule has 3 nitrogen and oxygen atoms in total. The van der Waals surface area contributed by atoms with E-state index in [0.717, 1.165) is 16.4 Å². The summed E-state index contributed by atoms with van der Waals surface area (Å²) in [5.74, 6) is 0. The predicted molar refractivity (Wildman–Crippen MR) is 61.2 cm³/mol. The molecule has 2 rings (SSSR count). The molecule has 2 N–H and O–H groups in total. The molecular formula is C12H12F3N3. The van der Waals surface area contributed by atoms with Crippen molar-refractivity contribution >= 4 is 0 Å². The number of aromatic nitrogens is 2. The highest BCUT2D eigenvalue weighted by atomic mass is 19.4. The topological polar surface area (TPSA) is 43.8 Å². The van der Waals surface area contributed by atoms with E-state index < -0.39 is 11.9 Å². The molecule has 0 spiro atoms. The van der Waals surface area contributed by atoms with Gasteiger partial charge in [0.1, 0.15) is 0 Å². The minimum atomic E-state index is -4.48. The molecule has 6 heteroatoms. The van der Waals surface area contributed by atoms with Gasteiger partial charge in [0.05, 0.1) is 11.9 Å². The fourth-order valence-electron chi connectivity index (χ4n) is 1.72. The lowest BCUT2D eigenvalue weighted by Gasteiger charge is -2.12. The normalized spacial score (nSPS) is 11.8. The number of alkyl halides is 3. The zero-order chi connectivity index (χ0) is 13.3. The molecular weight excluding hydrogens is 243 g/mol. The summed E-state index contributed by atoms with van der Waals surface area (Å²) in [4.78, 5) is 0. The van der Waals surface area contributed by atoms with Gasteiger partial charge in [-0.2, -0.15) is 18.3 Å². The molecule has 1 heterocycles. The zero-order valence-electron chi connectivity index (χ0n) is 9.70. The Morgan fingerprint density at radius 1 is 1.22 bits per heavy atom. The van der Waals surface area contributed by atoms with Crippen LogP contribution in [0.15, 0.2) is 30.5 Å². The van der Waals surface area contributed by atoms with E-state index in [0.29, 0.717) is 5.69 Å². The van der Waals surface area contributed by atoms with Gasteiger partial charge in [0.2, 0.25) is 0 Å². The molecule has 0 aliphatic carbocycles. The smallest absolute Gasteiger partial charge is 0.326 e. The largest absolute Gasteiger partial charge is 0.433 e. The van der Waals surface area contributed by atoms with Crippen LogP contribution in [-0.4, -0.2) is 9.78 Å². The Morgan fingerprint density at radius 3 is 2.33 bits per heavy atom. The third kappa shape index (κ3) is 2.24. The van der Waals surface area contributed by atoms with Crippen LogP contribution in [0.1, 0.15) is 16.8 Å². The number of benzene rings is 1.